The van der Waals surface area contributed by atoms with Crippen LogP contribution in [0.3, 0.4) is 0 Å². The van der Waals surface area contributed by atoms with E-state index in [4.69, 9.17) is 28.3 Å². The minimum absolute atomic E-state index is 0.0720. The van der Waals surface area contributed by atoms with Crippen LogP contribution in [0.25, 0.3) is 10.9 Å². The number of benzene rings is 2. The summed E-state index contributed by atoms with van der Waals surface area (Å²) in [6.07, 6.45) is 0. The van der Waals surface area contributed by atoms with Gasteiger partial charge in [-0.1, -0.05) is 29.3 Å². The summed E-state index contributed by atoms with van der Waals surface area (Å²) in [4.78, 5) is 11.4. The molecular weight excluding hydrogens is 385 g/mol. The Hall–Kier alpha value is -2.02. The number of sulfone groups is 1. The molecule has 0 aliphatic heterocycles. The fourth-order valence-electron chi connectivity index (χ4n) is 2.83. The smallest absolute Gasteiger partial charge is 0.323 e. The Morgan fingerprint density at radius 3 is 2.28 bits per heavy atom. The van der Waals surface area contributed by atoms with Gasteiger partial charge in [-0.25, -0.2) is 8.42 Å². The van der Waals surface area contributed by atoms with Crippen molar-refractivity contribution >= 4 is 49.9 Å². The number of fused-ring (bicyclic) bond motifs is 1. The molecule has 1 heterocycles. The van der Waals surface area contributed by atoms with Gasteiger partial charge in [-0.3, -0.25) is 4.79 Å². The lowest BCUT2D eigenvalue weighted by Crippen LogP contribution is -2.11. The normalized spacial score (nSPS) is 11.8. The van der Waals surface area contributed by atoms with Gasteiger partial charge in [-0.2, -0.15) is 0 Å². The predicted octanol–water partition coefficient (Wildman–Crippen LogP) is 4.17. The third-order valence-corrected chi connectivity index (χ3v) is 6.35. The van der Waals surface area contributed by atoms with Crippen molar-refractivity contribution in [2.24, 2.45) is 0 Å². The molecule has 0 amide bonds. The van der Waals surface area contributed by atoms with Crippen LogP contribution in [0.5, 0.6) is 0 Å². The van der Waals surface area contributed by atoms with Gasteiger partial charge in [0.05, 0.1) is 10.4 Å². The SMILES string of the molecule is Cc1c(S(=O)(=O)c2ccc(Cl)cc2)c2ccc(Cl)cc2n1CC(=O)O. The van der Waals surface area contributed by atoms with Crippen molar-refractivity contribution in [3.8, 4) is 0 Å². The van der Waals surface area contributed by atoms with E-state index in [1.807, 2.05) is 0 Å². The second kappa shape index (κ2) is 6.37. The maximum absolute atomic E-state index is 13.1. The van der Waals surface area contributed by atoms with E-state index >= 15 is 0 Å². The molecule has 0 aliphatic rings. The Morgan fingerprint density at radius 1 is 1.08 bits per heavy atom. The molecule has 1 N–H and O–H groups in total. The number of nitrogens with zero attached hydrogens (tertiary/aromatic N) is 1. The number of carboxylic acids is 1. The van der Waals surface area contributed by atoms with Crippen molar-refractivity contribution < 1.29 is 18.3 Å². The zero-order chi connectivity index (χ0) is 18.4. The first kappa shape index (κ1) is 17.8. The molecular formula is C17H13Cl2NO4S. The molecule has 0 fully saturated rings. The number of halogens is 2. The van der Waals surface area contributed by atoms with Crippen molar-refractivity contribution in [1.82, 2.24) is 4.57 Å². The zero-order valence-electron chi connectivity index (χ0n) is 13.0. The molecule has 0 radical (unpaired) electrons. The summed E-state index contributed by atoms with van der Waals surface area (Å²) in [6.45, 7) is 1.22. The molecule has 2 aromatic carbocycles. The molecule has 0 spiro atoms. The van der Waals surface area contributed by atoms with Crippen LogP contribution in [-0.4, -0.2) is 24.1 Å². The molecule has 130 valence electrons. The molecule has 5 nitrogen and oxygen atoms in total. The third-order valence-electron chi connectivity index (χ3n) is 3.91. The summed E-state index contributed by atoms with van der Waals surface area (Å²) >= 11 is 11.8. The molecule has 3 aromatic rings. The van der Waals surface area contributed by atoms with Crippen LogP contribution in [-0.2, 0) is 21.2 Å². The number of hydrogen-bond acceptors (Lipinski definition) is 3. The van der Waals surface area contributed by atoms with E-state index in [2.05, 4.69) is 0 Å². The highest BCUT2D eigenvalue weighted by molar-refractivity contribution is 7.91. The van der Waals surface area contributed by atoms with Crippen molar-refractivity contribution in [3.63, 3.8) is 0 Å². The average Bonchev–Trinajstić information content (AvgIpc) is 2.80. The van der Waals surface area contributed by atoms with Gasteiger partial charge < -0.3 is 9.67 Å². The average molecular weight is 398 g/mol. The lowest BCUT2D eigenvalue weighted by Gasteiger charge is -2.07. The van der Waals surface area contributed by atoms with Gasteiger partial charge in [0.15, 0.2) is 0 Å². The summed E-state index contributed by atoms with van der Waals surface area (Å²) < 4.78 is 27.7. The Bertz CT molecular complexity index is 1090. The largest absolute Gasteiger partial charge is 0.480 e. The molecule has 0 aliphatic carbocycles. The third kappa shape index (κ3) is 3.13. The van der Waals surface area contributed by atoms with Crippen LogP contribution < -0.4 is 0 Å². The van der Waals surface area contributed by atoms with Crippen LogP contribution >= 0.6 is 23.2 Å². The summed E-state index contributed by atoms with van der Waals surface area (Å²) in [5.74, 6) is -1.07. The Labute approximate surface area is 154 Å². The second-order valence-electron chi connectivity index (χ2n) is 5.51. The van der Waals surface area contributed by atoms with E-state index in [1.54, 1.807) is 25.1 Å². The topological polar surface area (TPSA) is 76.4 Å². The summed E-state index contributed by atoms with van der Waals surface area (Å²) in [6, 6.07) is 10.6. The molecule has 25 heavy (non-hydrogen) atoms. The van der Waals surface area contributed by atoms with Crippen LogP contribution in [0, 0.1) is 6.92 Å². The monoisotopic (exact) mass is 397 g/mol. The summed E-state index contributed by atoms with van der Waals surface area (Å²) in [5, 5.41) is 10.4. The summed E-state index contributed by atoms with van der Waals surface area (Å²) in [7, 11) is -3.86. The van der Waals surface area contributed by atoms with Crippen molar-refractivity contribution in [2.45, 2.75) is 23.3 Å². The molecule has 0 saturated heterocycles. The highest BCUT2D eigenvalue weighted by Crippen LogP contribution is 2.35. The lowest BCUT2D eigenvalue weighted by atomic mass is 10.2. The maximum atomic E-state index is 13.1. The van der Waals surface area contributed by atoms with Crippen LogP contribution in [0.1, 0.15) is 5.69 Å². The molecule has 0 bridgehead atoms. The van der Waals surface area contributed by atoms with Gasteiger partial charge in [-0.05, 0) is 43.3 Å². The first-order chi connectivity index (χ1) is 11.7. The van der Waals surface area contributed by atoms with Crippen LogP contribution in [0.2, 0.25) is 10.0 Å². The van der Waals surface area contributed by atoms with Crippen LogP contribution in [0.4, 0.5) is 0 Å². The predicted molar refractivity (Wildman–Crippen MR) is 96.2 cm³/mol. The zero-order valence-corrected chi connectivity index (χ0v) is 15.4. The van der Waals surface area contributed by atoms with Gasteiger partial charge in [0.2, 0.25) is 9.84 Å². The number of aromatic nitrogens is 1. The van der Waals surface area contributed by atoms with Crippen molar-refractivity contribution in [2.75, 3.05) is 0 Å². The van der Waals surface area contributed by atoms with E-state index in [0.29, 0.717) is 26.6 Å². The Kier molecular flexibility index (Phi) is 4.53. The van der Waals surface area contributed by atoms with E-state index in [0.717, 1.165) is 0 Å². The number of carbonyl (C=O) groups is 1. The first-order valence-corrected chi connectivity index (χ1v) is 9.46. The van der Waals surface area contributed by atoms with Gasteiger partial charge in [0.1, 0.15) is 11.4 Å². The molecule has 0 atom stereocenters. The molecule has 3 rings (SSSR count). The van der Waals surface area contributed by atoms with E-state index in [-0.39, 0.29) is 16.3 Å². The fraction of sp³-hybridized carbons (Fsp3) is 0.118. The highest BCUT2D eigenvalue weighted by Gasteiger charge is 2.27. The quantitative estimate of drug-likeness (QED) is 0.716. The standard InChI is InChI=1S/C17H13Cl2NO4S/c1-10-17(25(23,24)13-5-2-11(18)3-6-13)14-7-4-12(19)8-15(14)20(10)9-16(21)22/h2-8H,9H2,1H3,(H,21,22). The van der Waals surface area contributed by atoms with E-state index < -0.39 is 15.8 Å². The van der Waals surface area contributed by atoms with E-state index in [9.17, 15) is 13.2 Å². The number of hydrogen-bond donors (Lipinski definition) is 1. The number of rotatable bonds is 4. The number of carboxylic acid groups (broad SMARTS) is 1. The molecule has 8 heteroatoms. The van der Waals surface area contributed by atoms with Crippen molar-refractivity contribution in [1.29, 1.82) is 0 Å². The number of aliphatic carboxylic acids is 1. The van der Waals surface area contributed by atoms with Gasteiger partial charge >= 0.3 is 5.97 Å². The van der Waals surface area contributed by atoms with Gasteiger partial charge in [0.25, 0.3) is 0 Å². The van der Waals surface area contributed by atoms with Gasteiger partial charge in [-0.15, -0.1) is 0 Å². The molecule has 0 saturated carbocycles. The lowest BCUT2D eigenvalue weighted by molar-refractivity contribution is -0.137. The second-order valence-corrected chi connectivity index (χ2v) is 8.27. The van der Waals surface area contributed by atoms with Crippen LogP contribution in [0.15, 0.2) is 52.3 Å². The fourth-order valence-corrected chi connectivity index (χ4v) is 4.81. The highest BCUT2D eigenvalue weighted by atomic mass is 35.5. The molecule has 0 unspecified atom stereocenters. The Morgan fingerprint density at radius 2 is 1.68 bits per heavy atom. The summed E-state index contributed by atoms with van der Waals surface area (Å²) in [5.41, 5.74) is 0.801. The minimum atomic E-state index is -3.86. The first-order valence-electron chi connectivity index (χ1n) is 7.22. The Balaban J connectivity index is 2.34. The minimum Gasteiger partial charge on any atom is -0.480 e. The van der Waals surface area contributed by atoms with E-state index in [1.165, 1.54) is 28.8 Å². The van der Waals surface area contributed by atoms with Gasteiger partial charge in [0, 0.05) is 21.1 Å². The maximum Gasteiger partial charge on any atom is 0.323 e. The molecule has 1 aromatic heterocycles. The van der Waals surface area contributed by atoms with Crippen molar-refractivity contribution in [3.05, 3.63) is 58.2 Å².